The summed E-state index contributed by atoms with van der Waals surface area (Å²) in [6.07, 6.45) is 0. The lowest BCUT2D eigenvalue weighted by Gasteiger charge is -2.32. The summed E-state index contributed by atoms with van der Waals surface area (Å²) in [7, 11) is 0. The van der Waals surface area contributed by atoms with Crippen LogP contribution in [0.5, 0.6) is 0 Å². The van der Waals surface area contributed by atoms with E-state index in [0.29, 0.717) is 5.95 Å². The zero-order valence-corrected chi connectivity index (χ0v) is 25.6. The van der Waals surface area contributed by atoms with Crippen LogP contribution < -0.4 is 4.31 Å². The molecule has 10 rings (SSSR count). The molecule has 0 N–H and O–H groups in total. The second kappa shape index (κ2) is 9.63. The van der Waals surface area contributed by atoms with Crippen LogP contribution in [-0.4, -0.2) is 9.97 Å². The Balaban J connectivity index is 1.38. The Kier molecular flexibility index (Phi) is 5.38. The highest BCUT2D eigenvalue weighted by atomic mass is 32.2. The summed E-state index contributed by atoms with van der Waals surface area (Å²) in [6, 6.07) is 49.8. The van der Waals surface area contributed by atoms with Gasteiger partial charge in [0.05, 0.1) is 21.6 Å². The zero-order chi connectivity index (χ0) is 29.5. The first-order valence-corrected chi connectivity index (χ1v) is 16.6. The Bertz CT molecular complexity index is 2640. The fourth-order valence-corrected chi connectivity index (χ4v) is 9.31. The normalized spacial score (nSPS) is 12.8. The monoisotopic (exact) mass is 609 g/mol. The van der Waals surface area contributed by atoms with Gasteiger partial charge in [0.1, 0.15) is 0 Å². The van der Waals surface area contributed by atoms with Gasteiger partial charge in [0.15, 0.2) is 0 Å². The molecule has 0 amide bonds. The van der Waals surface area contributed by atoms with Crippen LogP contribution in [0.25, 0.3) is 75.0 Å². The lowest BCUT2D eigenvalue weighted by Crippen LogP contribution is -2.16. The Morgan fingerprint density at radius 3 is 2.07 bits per heavy atom. The molecule has 0 unspecified atom stereocenters. The third-order valence-electron chi connectivity index (χ3n) is 8.87. The fourth-order valence-electron chi connectivity index (χ4n) is 6.93. The van der Waals surface area contributed by atoms with E-state index in [9.17, 15) is 0 Å². The minimum absolute atomic E-state index is 0.687. The first-order valence-electron chi connectivity index (χ1n) is 15.0. The average molecular weight is 610 g/mol. The van der Waals surface area contributed by atoms with Gasteiger partial charge in [-0.2, -0.15) is 0 Å². The molecule has 9 aromatic rings. The molecule has 0 saturated heterocycles. The molecule has 1 aliphatic rings. The predicted molar refractivity (Wildman–Crippen MR) is 193 cm³/mol. The minimum atomic E-state index is 0.687. The van der Waals surface area contributed by atoms with Crippen molar-refractivity contribution in [3.05, 3.63) is 140 Å². The van der Waals surface area contributed by atoms with Crippen molar-refractivity contribution in [1.82, 2.24) is 9.97 Å². The molecular weight excluding hydrogens is 587 g/mol. The van der Waals surface area contributed by atoms with Gasteiger partial charge in [-0.25, -0.2) is 14.3 Å². The van der Waals surface area contributed by atoms with E-state index in [0.717, 1.165) is 27.8 Å². The molecule has 45 heavy (non-hydrogen) atoms. The highest BCUT2D eigenvalue weighted by molar-refractivity contribution is 8.01. The van der Waals surface area contributed by atoms with Crippen LogP contribution in [-0.2, 0) is 0 Å². The van der Waals surface area contributed by atoms with Crippen molar-refractivity contribution in [2.45, 2.75) is 4.90 Å². The van der Waals surface area contributed by atoms with E-state index in [1.54, 1.807) is 11.9 Å². The number of fused-ring (bicyclic) bond motifs is 13. The number of hydrogen-bond acceptors (Lipinski definition) is 5. The van der Waals surface area contributed by atoms with Gasteiger partial charge in [-0.15, -0.1) is 11.3 Å². The Morgan fingerprint density at radius 2 is 1.20 bits per heavy atom. The van der Waals surface area contributed by atoms with Crippen molar-refractivity contribution in [3.63, 3.8) is 0 Å². The number of thiophene rings is 1. The molecule has 3 nitrogen and oxygen atoms in total. The predicted octanol–water partition coefficient (Wildman–Crippen LogP) is 11.8. The molecule has 0 bridgehead atoms. The van der Waals surface area contributed by atoms with E-state index < -0.39 is 0 Å². The molecule has 1 aliphatic heterocycles. The first kappa shape index (κ1) is 25.1. The molecule has 2 aromatic heterocycles. The second-order valence-corrected chi connectivity index (χ2v) is 13.4. The summed E-state index contributed by atoms with van der Waals surface area (Å²) in [5, 5.41) is 8.65. The first-order chi connectivity index (χ1) is 22.3. The molecule has 3 heterocycles. The van der Waals surface area contributed by atoms with Crippen LogP contribution in [0.4, 0.5) is 11.6 Å². The fraction of sp³-hybridized carbons (Fsp3) is 0. The largest absolute Gasteiger partial charge is 0.246 e. The van der Waals surface area contributed by atoms with Gasteiger partial charge in [0, 0.05) is 42.4 Å². The number of aromatic nitrogens is 2. The van der Waals surface area contributed by atoms with Crippen molar-refractivity contribution in [1.29, 1.82) is 0 Å². The zero-order valence-electron chi connectivity index (χ0n) is 23.9. The molecule has 0 radical (unpaired) electrons. The third kappa shape index (κ3) is 3.65. The number of nitrogens with zero attached hydrogens (tertiary/aromatic N) is 3. The highest BCUT2D eigenvalue weighted by Crippen LogP contribution is 2.59. The van der Waals surface area contributed by atoms with E-state index in [1.807, 2.05) is 11.3 Å². The molecular formula is C40H23N3S2. The molecule has 7 aromatic carbocycles. The van der Waals surface area contributed by atoms with Gasteiger partial charge in [0.2, 0.25) is 5.95 Å². The van der Waals surface area contributed by atoms with Gasteiger partial charge in [-0.3, -0.25) is 0 Å². The maximum Gasteiger partial charge on any atom is 0.241 e. The van der Waals surface area contributed by atoms with E-state index in [-0.39, 0.29) is 0 Å². The average Bonchev–Trinajstić information content (AvgIpc) is 3.51. The summed E-state index contributed by atoms with van der Waals surface area (Å²) in [5.74, 6) is 0.687. The van der Waals surface area contributed by atoms with Gasteiger partial charge >= 0.3 is 0 Å². The summed E-state index contributed by atoms with van der Waals surface area (Å²) < 4.78 is 4.84. The van der Waals surface area contributed by atoms with E-state index in [2.05, 4.69) is 144 Å². The summed E-state index contributed by atoms with van der Waals surface area (Å²) in [6.45, 7) is 0. The van der Waals surface area contributed by atoms with Crippen LogP contribution in [0, 0.1) is 0 Å². The highest BCUT2D eigenvalue weighted by Gasteiger charge is 2.33. The molecule has 5 heteroatoms. The number of anilines is 2. The Morgan fingerprint density at radius 1 is 0.511 bits per heavy atom. The standard InChI is InChI=1S/C40H23N3S2/c1-2-13-25(14-3-1)37-29-18-8-10-20-31(29)41-40(42-37)43-38-36(35-26-15-5-4-12-24(26)22-23-33(35)45-43)28-17-7-6-16-27(28)34-30-19-9-11-21-32(30)44-39(34)38/h1-23H. The summed E-state index contributed by atoms with van der Waals surface area (Å²) in [5.41, 5.74) is 6.64. The van der Waals surface area contributed by atoms with Crippen molar-refractivity contribution in [2.24, 2.45) is 0 Å². The van der Waals surface area contributed by atoms with Crippen LogP contribution in [0.1, 0.15) is 0 Å². The Labute approximate surface area is 267 Å². The van der Waals surface area contributed by atoms with Gasteiger partial charge in [0.25, 0.3) is 0 Å². The quantitative estimate of drug-likeness (QED) is 0.182. The van der Waals surface area contributed by atoms with Gasteiger partial charge in [-0.05, 0) is 51.7 Å². The lowest BCUT2D eigenvalue weighted by molar-refractivity contribution is 1.17. The summed E-state index contributed by atoms with van der Waals surface area (Å²) in [4.78, 5) is 11.8. The number of para-hydroxylation sites is 1. The SMILES string of the molecule is c1ccc(-c2nc(N3Sc4ccc5ccccc5c4-c4c3c3sc5ccccc5c3c3ccccc43)nc3ccccc23)cc1. The molecule has 0 atom stereocenters. The number of hydrogen-bond donors (Lipinski definition) is 0. The number of rotatable bonds is 2. The van der Waals surface area contributed by atoms with Crippen LogP contribution in [0.15, 0.2) is 144 Å². The van der Waals surface area contributed by atoms with E-state index >= 15 is 0 Å². The molecule has 0 aliphatic carbocycles. The van der Waals surface area contributed by atoms with Crippen molar-refractivity contribution in [3.8, 4) is 22.4 Å². The molecule has 0 saturated carbocycles. The maximum atomic E-state index is 5.37. The van der Waals surface area contributed by atoms with Crippen LogP contribution in [0.3, 0.4) is 0 Å². The second-order valence-electron chi connectivity index (χ2n) is 11.4. The van der Waals surface area contributed by atoms with Crippen molar-refractivity contribution in [2.75, 3.05) is 4.31 Å². The van der Waals surface area contributed by atoms with Gasteiger partial charge < -0.3 is 0 Å². The van der Waals surface area contributed by atoms with E-state index in [4.69, 9.17) is 9.97 Å². The molecule has 0 fully saturated rings. The van der Waals surface area contributed by atoms with Crippen LogP contribution >= 0.6 is 23.3 Å². The van der Waals surface area contributed by atoms with E-state index in [1.165, 1.54) is 57.7 Å². The Hall–Kier alpha value is -5.23. The minimum Gasteiger partial charge on any atom is -0.246 e. The molecule has 0 spiro atoms. The smallest absolute Gasteiger partial charge is 0.241 e. The third-order valence-corrected chi connectivity index (χ3v) is 11.1. The van der Waals surface area contributed by atoms with Gasteiger partial charge in [-0.1, -0.05) is 121 Å². The topological polar surface area (TPSA) is 29.0 Å². The van der Waals surface area contributed by atoms with Crippen molar-refractivity contribution < 1.29 is 0 Å². The lowest BCUT2D eigenvalue weighted by atomic mass is 9.90. The molecule has 210 valence electrons. The van der Waals surface area contributed by atoms with Crippen molar-refractivity contribution >= 4 is 87.5 Å². The summed E-state index contributed by atoms with van der Waals surface area (Å²) >= 11 is 3.59. The van der Waals surface area contributed by atoms with Crippen LogP contribution in [0.2, 0.25) is 0 Å². The maximum absolute atomic E-state index is 5.37. The number of benzene rings is 7.